The minimum Gasteiger partial charge on any atom is -0.465 e. The van der Waals surface area contributed by atoms with Crippen molar-refractivity contribution in [3.63, 3.8) is 0 Å². The largest absolute Gasteiger partial charge is 0.465 e. The summed E-state index contributed by atoms with van der Waals surface area (Å²) in [5, 5.41) is 14.8. The van der Waals surface area contributed by atoms with E-state index in [1.54, 1.807) is 162 Å². The number of nitrogens with two attached hydrogens (primary N) is 2. The van der Waals surface area contributed by atoms with Gasteiger partial charge in [0.15, 0.2) is 0 Å². The van der Waals surface area contributed by atoms with Crippen molar-refractivity contribution in [2.75, 3.05) is 62.4 Å². The first-order valence-corrected chi connectivity index (χ1v) is 44.2. The molecule has 0 fully saturated rings. The van der Waals surface area contributed by atoms with E-state index in [0.717, 1.165) is 39.5 Å². The summed E-state index contributed by atoms with van der Waals surface area (Å²) in [5.74, 6) is -3.35. The maximum atomic E-state index is 12.7. The van der Waals surface area contributed by atoms with E-state index in [-0.39, 0.29) is 95.7 Å². The van der Waals surface area contributed by atoms with E-state index in [9.17, 15) is 99.5 Å². The quantitative estimate of drug-likeness (QED) is 0.0259. The number of thiazole rings is 3. The number of hydrogen-bond acceptors (Lipinski definition) is 35. The number of H-pyrrole nitrogens is 2. The summed E-state index contributed by atoms with van der Waals surface area (Å²) in [5.41, 5.74) is 11.2. The Balaban J connectivity index is 0.000000350. The maximum Gasteiger partial charge on any atom is 0.424 e. The van der Waals surface area contributed by atoms with Crippen LogP contribution in [0, 0.1) is 0 Å². The summed E-state index contributed by atoms with van der Waals surface area (Å²) in [7, 11) is 1.65. The van der Waals surface area contributed by atoms with Crippen molar-refractivity contribution in [1.29, 1.82) is 0 Å². The molecular weight excluding hydrogens is 1920 g/mol. The maximum absolute atomic E-state index is 12.7. The van der Waals surface area contributed by atoms with Gasteiger partial charge in [-0.25, -0.2) is 34.1 Å². The molecule has 51 heteroatoms. The molecule has 0 bridgehead atoms. The molecule has 8 amide bonds. The van der Waals surface area contributed by atoms with Gasteiger partial charge in [-0.1, -0.05) is 6.07 Å². The molecule has 10 aromatic heterocycles. The number of anilines is 8. The van der Waals surface area contributed by atoms with Gasteiger partial charge in [-0.2, -0.15) is 32.6 Å². The van der Waals surface area contributed by atoms with Gasteiger partial charge in [-0.15, -0.1) is 34.0 Å². The molecule has 0 atom stereocenters. The average molecular weight is 2020 g/mol. The summed E-state index contributed by atoms with van der Waals surface area (Å²) in [6.45, 7) is 24.8. The van der Waals surface area contributed by atoms with Gasteiger partial charge in [-0.3, -0.25) is 67.1 Å². The Bertz CT molecular complexity index is 6520. The third-order valence-corrected chi connectivity index (χ3v) is 17.6. The van der Waals surface area contributed by atoms with Crippen molar-refractivity contribution in [1.82, 2.24) is 47.8 Å². The topological polar surface area (TPSA) is 608 Å². The van der Waals surface area contributed by atoms with Crippen LogP contribution in [0.2, 0.25) is 0 Å². The van der Waals surface area contributed by atoms with Gasteiger partial charge in [0.25, 0.3) is 45.5 Å². The summed E-state index contributed by atoms with van der Waals surface area (Å²) in [6, 6.07) is 23.2. The molecule has 0 saturated heterocycles. The molecule has 1 aromatic carbocycles. The number of nitrogen functional groups attached to an aromatic ring is 2. The lowest BCUT2D eigenvalue weighted by atomic mass is 10.2. The van der Waals surface area contributed by atoms with E-state index in [1.165, 1.54) is 151 Å². The molecule has 0 radical (unpaired) electrons. The molecule has 0 unspecified atom stereocenters. The monoisotopic (exact) mass is 2020 g/mol. The molecule has 10 heterocycles. The van der Waals surface area contributed by atoms with Gasteiger partial charge in [0.1, 0.15) is 65.7 Å². The number of rotatable bonds is 20. The van der Waals surface area contributed by atoms with Crippen LogP contribution in [0.5, 0.6) is 0 Å². The SMILES string of the molecule is CC(C)(C)OC(=O)N(C(=O)OC(C)(C)C)c1cc[nH]c(=O)c1.CCOC(=O)Cn1ccc(N(C(=O)OC(C)(C)C)C(=O)OC(C)(C)C)cc1=O.CCOC(=O)Cn1ccc(N)cc1=O.CCOC(=O)Cn1ccc(NC(=O)c2cscn2)cc1=O.Cn1ccc(NC(=O)c2cscn2)cc1=O.Nc1cc[nH]c(=O)c1.O=C(Cn1ccc(NC(=O)c2cscn2)cc1=O)Nc1cccc(C(F)(F)F)c1.O=C=O. The number of ether oxygens (including phenoxy) is 7. The molecule has 0 spiro atoms. The van der Waals surface area contributed by atoms with Crippen molar-refractivity contribution < 1.29 is 109 Å². The molecule has 45 nitrogen and oxygen atoms in total. The van der Waals surface area contributed by atoms with Crippen LogP contribution in [-0.4, -0.2) is 162 Å². The van der Waals surface area contributed by atoms with Gasteiger partial charge < -0.3 is 98.7 Å². The molecular formula is C90H103F3N18O27S3. The molecule has 11 rings (SSSR count). The van der Waals surface area contributed by atoms with Gasteiger partial charge in [0.2, 0.25) is 17.0 Å². The smallest absolute Gasteiger partial charge is 0.424 e. The predicted octanol–water partition coefficient (Wildman–Crippen LogP) is 10.9. The number of aromatic nitrogens is 10. The number of benzene rings is 1. The lowest BCUT2D eigenvalue weighted by Crippen LogP contribution is -2.44. The number of alkyl halides is 3. The number of aromatic amines is 2. The minimum absolute atomic E-state index is 0.0337. The van der Waals surface area contributed by atoms with Crippen LogP contribution in [0.4, 0.5) is 77.8 Å². The number of halogens is 3. The first kappa shape index (κ1) is 117. The Morgan fingerprint density at radius 3 is 1.05 bits per heavy atom. The number of aryl methyl sites for hydroxylation is 1. The highest BCUT2D eigenvalue weighted by molar-refractivity contribution is 7.08. The fraction of sp³-hybridized carbons (Fsp3) is 0.311. The van der Waals surface area contributed by atoms with Crippen molar-refractivity contribution in [2.45, 2.75) is 159 Å². The first-order chi connectivity index (χ1) is 65.9. The van der Waals surface area contributed by atoms with Crippen molar-refractivity contribution in [3.05, 3.63) is 280 Å². The Morgan fingerprint density at radius 1 is 0.404 bits per heavy atom. The zero-order valence-electron chi connectivity index (χ0n) is 78.9. The molecule has 0 saturated carbocycles. The second-order valence-corrected chi connectivity index (χ2v) is 34.2. The van der Waals surface area contributed by atoms with Gasteiger partial charge in [-0.05, 0) is 165 Å². The number of nitrogens with zero attached hydrogens (tertiary/aromatic N) is 10. The van der Waals surface area contributed by atoms with E-state index in [1.807, 2.05) is 0 Å². The van der Waals surface area contributed by atoms with E-state index in [2.05, 4.69) is 46.2 Å². The Kier molecular flexibility index (Phi) is 45.9. The lowest BCUT2D eigenvalue weighted by molar-refractivity contribution is -0.192. The normalized spacial score (nSPS) is 10.6. The zero-order valence-corrected chi connectivity index (χ0v) is 81.3. The van der Waals surface area contributed by atoms with Crippen molar-refractivity contribution >= 4 is 152 Å². The number of imide groups is 2. The van der Waals surface area contributed by atoms with Crippen molar-refractivity contribution in [3.8, 4) is 0 Å². The number of pyridine rings is 7. The molecule has 10 N–H and O–H groups in total. The van der Waals surface area contributed by atoms with Crippen LogP contribution >= 0.6 is 34.0 Å². The minimum atomic E-state index is -4.53. The van der Waals surface area contributed by atoms with Crippen LogP contribution < -0.4 is 81.4 Å². The highest BCUT2D eigenvalue weighted by atomic mass is 32.1. The molecule has 754 valence electrons. The van der Waals surface area contributed by atoms with E-state index in [0.29, 0.717) is 44.9 Å². The molecule has 0 aliphatic heterocycles. The zero-order chi connectivity index (χ0) is 106. The highest BCUT2D eigenvalue weighted by Crippen LogP contribution is 2.31. The standard InChI is InChI=1S/C19H28N2O7.C18H13F3N4O3S.C15H22N2O5.C13H13N3O4S.C10H9N3O2S.C9H12N2O3.C5H6N2O.CO2/c1-8-26-15(23)12-20-10-9-13(11-14(20)22)21(16(24)27-18(2,3)4)17(25)28-19(5,6)7;19-18(20,21)11-2-1-3-12(6-11)23-15(26)8-25-5-4-13(7-16(25)27)24-17(28)14-9-29-10-22-14;1-14(2,3)21-12(19)17(13(20)22-15(4,5)6)10-7-8-16-11(18)9-10;1-2-20-12(18)6-16-4-3-9(5-11(16)17)15-13(19)10-7-21-8-14-10;1-13-3-2-7(4-9(13)14)12-10(15)8-5-16-6-11-8;1-2-14-9(13)6-11-4-3-7(10)5-8(11)12;6-4-1-2-7-5(8)3-4;2-1-3/h9-11H,8,12H2,1-7H3;1-7,9-10H,8H2,(H,23,26)(H,24,28);7-9H,1-6H3,(H,16,18);3-5,7-8H,2,6H2,1H3,(H,15,19);2-6H,1H3,(H,12,15);3-5H,2,6,10H2,1H3;1-3H,(H3,6,7,8);. The number of hydrogen-bond donors (Lipinski definition) is 8. The predicted molar refractivity (Wildman–Crippen MR) is 513 cm³/mol. The lowest BCUT2D eigenvalue weighted by Gasteiger charge is -2.28. The van der Waals surface area contributed by atoms with Gasteiger partial charge in [0.05, 0.1) is 53.3 Å². The number of nitrogens with one attached hydrogen (secondary N) is 6. The van der Waals surface area contributed by atoms with E-state index >= 15 is 0 Å². The van der Waals surface area contributed by atoms with E-state index in [4.69, 9.17) is 54.2 Å². The Labute approximate surface area is 812 Å². The molecule has 11 aromatic rings. The molecule has 0 aliphatic rings. The van der Waals surface area contributed by atoms with Crippen LogP contribution in [-0.2, 0) is 101 Å². The summed E-state index contributed by atoms with van der Waals surface area (Å²) in [4.78, 5) is 246. The van der Waals surface area contributed by atoms with Gasteiger partial charge in [0, 0.05) is 143 Å². The molecule has 141 heavy (non-hydrogen) atoms. The first-order valence-electron chi connectivity index (χ1n) is 41.4. The third-order valence-electron chi connectivity index (χ3n) is 15.8. The summed E-state index contributed by atoms with van der Waals surface area (Å²) < 4.78 is 79.4. The summed E-state index contributed by atoms with van der Waals surface area (Å²) in [6.07, 6.45) is 1.85. The second kappa shape index (κ2) is 55.5. The van der Waals surface area contributed by atoms with Crippen molar-refractivity contribution in [2.24, 2.45) is 7.05 Å². The van der Waals surface area contributed by atoms with Crippen LogP contribution in [0.15, 0.2) is 219 Å². The Morgan fingerprint density at radius 2 is 0.730 bits per heavy atom. The number of carbonyl (C=O) groups excluding carboxylic acids is 13. The second-order valence-electron chi connectivity index (χ2n) is 32.0. The number of amides is 8. The van der Waals surface area contributed by atoms with Crippen LogP contribution in [0.1, 0.15) is 141 Å². The number of carbonyl (C=O) groups is 11. The Hall–Kier alpha value is -16.7. The van der Waals surface area contributed by atoms with Crippen LogP contribution in [0.25, 0.3) is 0 Å². The van der Waals surface area contributed by atoms with E-state index < -0.39 is 123 Å². The third kappa shape index (κ3) is 44.3. The molecule has 0 aliphatic carbocycles. The fourth-order valence-corrected chi connectivity index (χ4v) is 11.6. The highest BCUT2D eigenvalue weighted by Gasteiger charge is 2.36. The number of esters is 3. The van der Waals surface area contributed by atoms with Crippen LogP contribution in [0.3, 0.4) is 0 Å². The van der Waals surface area contributed by atoms with Gasteiger partial charge >= 0.3 is 54.6 Å². The summed E-state index contributed by atoms with van der Waals surface area (Å²) >= 11 is 3.90. The fourth-order valence-electron chi connectivity index (χ4n) is 10.0. The average Bonchev–Trinajstić information content (AvgIpc) is 1.51.